The summed E-state index contributed by atoms with van der Waals surface area (Å²) < 4.78 is 0. The van der Waals surface area contributed by atoms with E-state index in [9.17, 15) is 4.79 Å². The van der Waals surface area contributed by atoms with E-state index in [1.165, 1.54) is 12.8 Å². The molecule has 1 aliphatic carbocycles. The molecule has 0 heterocycles. The van der Waals surface area contributed by atoms with Crippen molar-refractivity contribution >= 4 is 6.09 Å². The summed E-state index contributed by atoms with van der Waals surface area (Å²) in [6, 6.07) is 0. The Hall–Kier alpha value is -0.770. The lowest BCUT2D eigenvalue weighted by Gasteiger charge is -2.28. The fourth-order valence-electron chi connectivity index (χ4n) is 2.34. The van der Waals surface area contributed by atoms with Crippen LogP contribution in [-0.4, -0.2) is 29.5 Å². The van der Waals surface area contributed by atoms with Crippen molar-refractivity contribution in [3.8, 4) is 0 Å². The van der Waals surface area contributed by atoms with E-state index in [4.69, 9.17) is 10.2 Å². The molecule has 0 aliphatic heterocycles. The van der Waals surface area contributed by atoms with Crippen molar-refractivity contribution in [2.24, 2.45) is 11.8 Å². The van der Waals surface area contributed by atoms with Gasteiger partial charge in [-0.25, -0.2) is 4.79 Å². The number of carbonyl (C=O) groups is 1. The predicted molar refractivity (Wildman–Crippen MR) is 57.8 cm³/mol. The molecule has 1 aliphatic rings. The minimum atomic E-state index is -0.919. The number of aliphatic hydroxyl groups is 1. The smallest absolute Gasteiger partial charge is 0.404 e. The van der Waals surface area contributed by atoms with Gasteiger partial charge < -0.3 is 15.5 Å². The Morgan fingerprint density at radius 2 is 1.80 bits per heavy atom. The Morgan fingerprint density at radius 3 is 2.33 bits per heavy atom. The molecule has 0 atom stereocenters. The minimum Gasteiger partial charge on any atom is -0.465 e. The van der Waals surface area contributed by atoms with E-state index < -0.39 is 6.09 Å². The highest BCUT2D eigenvalue weighted by Crippen LogP contribution is 2.30. The summed E-state index contributed by atoms with van der Waals surface area (Å²) in [5, 5.41) is 19.6. The number of amides is 1. The highest BCUT2D eigenvalue weighted by atomic mass is 16.4. The van der Waals surface area contributed by atoms with Crippen LogP contribution in [0.1, 0.15) is 38.5 Å². The number of hydrogen-bond acceptors (Lipinski definition) is 2. The number of hydrogen-bond donors (Lipinski definition) is 3. The van der Waals surface area contributed by atoms with Gasteiger partial charge in [0.1, 0.15) is 0 Å². The summed E-state index contributed by atoms with van der Waals surface area (Å²) in [5.41, 5.74) is 0. The van der Waals surface area contributed by atoms with Crippen molar-refractivity contribution in [1.29, 1.82) is 0 Å². The van der Waals surface area contributed by atoms with Gasteiger partial charge in [0.25, 0.3) is 0 Å². The Kier molecular flexibility index (Phi) is 5.47. The maximum atomic E-state index is 10.3. The van der Waals surface area contributed by atoms with E-state index in [0.717, 1.165) is 31.6 Å². The van der Waals surface area contributed by atoms with Crippen molar-refractivity contribution in [1.82, 2.24) is 5.32 Å². The lowest BCUT2D eigenvalue weighted by molar-refractivity contribution is 0.186. The molecule has 3 N–H and O–H groups in total. The minimum absolute atomic E-state index is 0.292. The van der Waals surface area contributed by atoms with E-state index in [0.29, 0.717) is 19.1 Å². The van der Waals surface area contributed by atoms with Crippen LogP contribution in [0.5, 0.6) is 0 Å². The van der Waals surface area contributed by atoms with Gasteiger partial charge in [-0.15, -0.1) is 0 Å². The van der Waals surface area contributed by atoms with Crippen LogP contribution in [0.4, 0.5) is 4.79 Å². The average molecular weight is 215 g/mol. The van der Waals surface area contributed by atoms with E-state index >= 15 is 0 Å². The molecule has 0 radical (unpaired) electrons. The van der Waals surface area contributed by atoms with Gasteiger partial charge >= 0.3 is 6.09 Å². The average Bonchev–Trinajstić information content (AvgIpc) is 2.25. The predicted octanol–water partition coefficient (Wildman–Crippen LogP) is 1.83. The molecule has 0 unspecified atom stereocenters. The van der Waals surface area contributed by atoms with E-state index in [1.54, 1.807) is 0 Å². The highest BCUT2D eigenvalue weighted by molar-refractivity contribution is 5.64. The zero-order valence-electron chi connectivity index (χ0n) is 9.11. The molecule has 15 heavy (non-hydrogen) atoms. The normalized spacial score (nSPS) is 26.2. The first-order valence-corrected chi connectivity index (χ1v) is 5.80. The Labute approximate surface area is 90.7 Å². The van der Waals surface area contributed by atoms with Crippen LogP contribution in [0, 0.1) is 11.8 Å². The Balaban J connectivity index is 2.09. The summed E-state index contributed by atoms with van der Waals surface area (Å²) in [5.74, 6) is 1.27. The lowest BCUT2D eigenvalue weighted by Crippen LogP contribution is -2.30. The van der Waals surface area contributed by atoms with Gasteiger partial charge in [-0.3, -0.25) is 0 Å². The maximum absolute atomic E-state index is 10.3. The molecule has 88 valence electrons. The second-order valence-electron chi connectivity index (χ2n) is 4.44. The molecule has 4 heteroatoms. The number of carboxylic acid groups (broad SMARTS) is 1. The first kappa shape index (κ1) is 12.3. The van der Waals surface area contributed by atoms with E-state index in [-0.39, 0.29) is 0 Å². The van der Waals surface area contributed by atoms with Crippen LogP contribution in [0.15, 0.2) is 0 Å². The van der Waals surface area contributed by atoms with Gasteiger partial charge in [0, 0.05) is 13.2 Å². The zero-order chi connectivity index (χ0) is 11.1. The fourth-order valence-corrected chi connectivity index (χ4v) is 2.34. The van der Waals surface area contributed by atoms with Crippen LogP contribution in [0.25, 0.3) is 0 Å². The maximum Gasteiger partial charge on any atom is 0.404 e. The van der Waals surface area contributed by atoms with Crippen LogP contribution >= 0.6 is 0 Å². The van der Waals surface area contributed by atoms with Gasteiger partial charge in [0.15, 0.2) is 0 Å². The molecular weight excluding hydrogens is 194 g/mol. The Bertz CT molecular complexity index is 188. The quantitative estimate of drug-likeness (QED) is 0.655. The summed E-state index contributed by atoms with van der Waals surface area (Å²) in [6.07, 6.45) is 5.72. The van der Waals surface area contributed by atoms with Crippen molar-refractivity contribution in [2.75, 3.05) is 13.2 Å². The molecule has 1 rings (SSSR count). The molecule has 4 nitrogen and oxygen atoms in total. The number of aliphatic hydroxyl groups excluding tert-OH is 1. The van der Waals surface area contributed by atoms with Crippen LogP contribution in [-0.2, 0) is 0 Å². The van der Waals surface area contributed by atoms with Gasteiger partial charge in [-0.2, -0.15) is 0 Å². The van der Waals surface area contributed by atoms with Crippen molar-refractivity contribution < 1.29 is 15.0 Å². The first-order valence-electron chi connectivity index (χ1n) is 5.80. The number of rotatable bonds is 5. The monoisotopic (exact) mass is 215 g/mol. The van der Waals surface area contributed by atoms with E-state index in [1.807, 2.05) is 0 Å². The second kappa shape index (κ2) is 6.67. The molecule has 0 saturated heterocycles. The lowest BCUT2D eigenvalue weighted by atomic mass is 9.80. The summed E-state index contributed by atoms with van der Waals surface area (Å²) in [4.78, 5) is 10.3. The summed E-state index contributed by atoms with van der Waals surface area (Å²) in [7, 11) is 0. The van der Waals surface area contributed by atoms with Crippen molar-refractivity contribution in [3.63, 3.8) is 0 Å². The summed E-state index contributed by atoms with van der Waals surface area (Å²) >= 11 is 0. The summed E-state index contributed by atoms with van der Waals surface area (Å²) in [6.45, 7) is 0.891. The largest absolute Gasteiger partial charge is 0.465 e. The van der Waals surface area contributed by atoms with Gasteiger partial charge in [-0.1, -0.05) is 12.8 Å². The molecule has 1 saturated carbocycles. The molecule has 1 amide bonds. The van der Waals surface area contributed by atoms with Crippen molar-refractivity contribution in [2.45, 2.75) is 38.5 Å². The SMILES string of the molecule is O=C(O)NCC1CCC(CCCO)CC1. The molecule has 0 aromatic rings. The van der Waals surface area contributed by atoms with Gasteiger partial charge in [0.2, 0.25) is 0 Å². The third kappa shape index (κ3) is 5.02. The number of nitrogens with one attached hydrogen (secondary N) is 1. The van der Waals surface area contributed by atoms with Crippen molar-refractivity contribution in [3.05, 3.63) is 0 Å². The molecule has 0 spiro atoms. The first-order chi connectivity index (χ1) is 7.22. The third-order valence-electron chi connectivity index (χ3n) is 3.28. The van der Waals surface area contributed by atoms with Gasteiger partial charge in [-0.05, 0) is 37.5 Å². The molecule has 1 fully saturated rings. The Morgan fingerprint density at radius 1 is 1.20 bits per heavy atom. The fraction of sp³-hybridized carbons (Fsp3) is 0.909. The molecule has 0 aromatic heterocycles. The molecular formula is C11H21NO3. The highest BCUT2D eigenvalue weighted by Gasteiger charge is 2.20. The second-order valence-corrected chi connectivity index (χ2v) is 4.44. The molecule has 0 aromatic carbocycles. The topological polar surface area (TPSA) is 69.6 Å². The van der Waals surface area contributed by atoms with Crippen LogP contribution in [0.2, 0.25) is 0 Å². The van der Waals surface area contributed by atoms with Crippen LogP contribution in [0.3, 0.4) is 0 Å². The van der Waals surface area contributed by atoms with Gasteiger partial charge in [0.05, 0.1) is 0 Å². The van der Waals surface area contributed by atoms with E-state index in [2.05, 4.69) is 5.32 Å². The van der Waals surface area contributed by atoms with Crippen LogP contribution < -0.4 is 5.32 Å². The zero-order valence-corrected chi connectivity index (χ0v) is 9.11. The third-order valence-corrected chi connectivity index (χ3v) is 3.28. The standard InChI is InChI=1S/C11H21NO3/c13-7-1-2-9-3-5-10(6-4-9)8-12-11(14)15/h9-10,12-13H,1-8H2,(H,14,15). The molecule has 0 bridgehead atoms.